The number of rotatable bonds is 10. The molecule has 194 valence electrons. The van der Waals surface area contributed by atoms with E-state index in [1.165, 1.54) is 23.1 Å². The highest BCUT2D eigenvalue weighted by atomic mass is 35.5. The maximum absolute atomic E-state index is 13.9. The number of nitrogens with zero attached hydrogens (tertiary/aromatic N) is 2. The van der Waals surface area contributed by atoms with E-state index in [-0.39, 0.29) is 42.8 Å². The predicted octanol–water partition coefficient (Wildman–Crippen LogP) is 3.78. The molecular weight excluding hydrogens is 514 g/mol. The number of benzene rings is 1. The van der Waals surface area contributed by atoms with Gasteiger partial charge < -0.3 is 20.3 Å². The molecule has 2 N–H and O–H groups in total. The Morgan fingerprint density at radius 2 is 2.06 bits per heavy atom. The smallest absolute Gasteiger partial charge is 0.265 e. The average molecular weight is 541 g/mol. The van der Waals surface area contributed by atoms with E-state index in [0.29, 0.717) is 34.0 Å². The van der Waals surface area contributed by atoms with Crippen LogP contribution in [0.3, 0.4) is 0 Å². The summed E-state index contributed by atoms with van der Waals surface area (Å²) >= 11 is 7.03. The number of amides is 3. The van der Waals surface area contributed by atoms with Crippen molar-refractivity contribution in [2.75, 3.05) is 50.1 Å². The van der Waals surface area contributed by atoms with E-state index >= 15 is 0 Å². The van der Waals surface area contributed by atoms with Gasteiger partial charge in [-0.25, -0.2) is 8.78 Å². The molecule has 4 rings (SSSR count). The van der Waals surface area contributed by atoms with Crippen LogP contribution in [0.1, 0.15) is 34.5 Å². The number of nitrogens with one attached hydrogen (secondary N) is 2. The molecular formula is C24H27ClF2N4O4S. The lowest BCUT2D eigenvalue weighted by Gasteiger charge is -2.29. The van der Waals surface area contributed by atoms with Crippen LogP contribution in [0.5, 0.6) is 0 Å². The quantitative estimate of drug-likeness (QED) is 0.478. The summed E-state index contributed by atoms with van der Waals surface area (Å²) in [5, 5.41) is 5.37. The summed E-state index contributed by atoms with van der Waals surface area (Å²) in [6.45, 7) is 1.11. The van der Waals surface area contributed by atoms with Gasteiger partial charge in [-0.3, -0.25) is 19.3 Å². The van der Waals surface area contributed by atoms with E-state index in [0.717, 1.165) is 24.2 Å². The summed E-state index contributed by atoms with van der Waals surface area (Å²) in [5.41, 5.74) is -0.109. The first-order valence-corrected chi connectivity index (χ1v) is 12.8. The van der Waals surface area contributed by atoms with Crippen LogP contribution in [0, 0.1) is 5.92 Å². The van der Waals surface area contributed by atoms with E-state index in [4.69, 9.17) is 16.3 Å². The molecule has 0 radical (unpaired) electrons. The lowest BCUT2D eigenvalue weighted by Crippen LogP contribution is -2.49. The summed E-state index contributed by atoms with van der Waals surface area (Å²) in [6.07, 6.45) is -0.742. The van der Waals surface area contributed by atoms with Crippen molar-refractivity contribution in [1.82, 2.24) is 10.2 Å². The summed E-state index contributed by atoms with van der Waals surface area (Å²) in [5.74, 6) is -0.723. The molecule has 1 saturated heterocycles. The van der Waals surface area contributed by atoms with Gasteiger partial charge in [0.2, 0.25) is 5.91 Å². The summed E-state index contributed by atoms with van der Waals surface area (Å²) in [7, 11) is 1.78. The third-order valence-electron chi connectivity index (χ3n) is 6.16. The van der Waals surface area contributed by atoms with Gasteiger partial charge in [0, 0.05) is 36.6 Å². The monoisotopic (exact) mass is 540 g/mol. The number of alkyl halides is 2. The fraction of sp³-hybridized carbons (Fsp3) is 0.458. The number of hydrogen-bond acceptors (Lipinski definition) is 6. The molecule has 8 nitrogen and oxygen atoms in total. The third kappa shape index (κ3) is 6.58. The van der Waals surface area contributed by atoms with Gasteiger partial charge in [-0.05, 0) is 56.1 Å². The molecule has 2 fully saturated rings. The van der Waals surface area contributed by atoms with Crippen LogP contribution < -0.4 is 15.5 Å². The Labute approximate surface area is 216 Å². The van der Waals surface area contributed by atoms with Crippen molar-refractivity contribution >= 4 is 52.0 Å². The minimum Gasteiger partial charge on any atom is -0.370 e. The fourth-order valence-corrected chi connectivity index (χ4v) is 4.98. The molecule has 2 heterocycles. The van der Waals surface area contributed by atoms with Gasteiger partial charge in [0.05, 0.1) is 15.8 Å². The zero-order chi connectivity index (χ0) is 25.8. The normalized spacial score (nSPS) is 16.9. The van der Waals surface area contributed by atoms with Crippen molar-refractivity contribution in [1.29, 1.82) is 0 Å². The molecule has 0 spiro atoms. The highest BCUT2D eigenvalue weighted by Crippen LogP contribution is 2.33. The number of halogens is 3. The molecule has 1 aromatic heterocycles. The van der Waals surface area contributed by atoms with Crippen molar-refractivity contribution in [3.05, 3.63) is 45.1 Å². The van der Waals surface area contributed by atoms with Crippen LogP contribution in [0.25, 0.3) is 0 Å². The SMILES string of the molecule is CN(CC1CC1)[C@@H](CNC(=O)c1ccc(Cl)s1)C(=O)Nc1ccc(N2CCOCC2=O)cc1C(F)F. The number of carbonyl (C=O) groups excluding carboxylic acids is 3. The minimum absolute atomic E-state index is 0.00617. The number of carbonyl (C=O) groups is 3. The molecule has 1 aliphatic heterocycles. The van der Waals surface area contributed by atoms with Crippen molar-refractivity contribution in [2.24, 2.45) is 5.92 Å². The Kier molecular flexibility index (Phi) is 8.55. The molecule has 2 aliphatic rings. The third-order valence-corrected chi connectivity index (χ3v) is 7.39. The number of thiophene rings is 1. The van der Waals surface area contributed by atoms with Gasteiger partial charge in [0.15, 0.2) is 0 Å². The molecule has 1 aromatic carbocycles. The van der Waals surface area contributed by atoms with Crippen molar-refractivity contribution in [2.45, 2.75) is 25.3 Å². The van der Waals surface area contributed by atoms with E-state index < -0.39 is 18.4 Å². The highest BCUT2D eigenvalue weighted by Gasteiger charge is 2.31. The molecule has 36 heavy (non-hydrogen) atoms. The van der Waals surface area contributed by atoms with Crippen LogP contribution in [-0.2, 0) is 14.3 Å². The van der Waals surface area contributed by atoms with Crippen molar-refractivity contribution < 1.29 is 27.9 Å². The van der Waals surface area contributed by atoms with Crippen LogP contribution in [0.2, 0.25) is 4.34 Å². The second kappa shape index (κ2) is 11.6. The Bertz CT molecular complexity index is 1130. The first-order valence-electron chi connectivity index (χ1n) is 11.6. The predicted molar refractivity (Wildman–Crippen MR) is 134 cm³/mol. The maximum atomic E-state index is 13.9. The summed E-state index contributed by atoms with van der Waals surface area (Å²) in [4.78, 5) is 41.5. The molecule has 1 atom stereocenters. The van der Waals surface area contributed by atoms with Gasteiger partial charge in [0.25, 0.3) is 18.2 Å². The van der Waals surface area contributed by atoms with Crippen LogP contribution in [-0.4, -0.2) is 68.6 Å². The Hall–Kier alpha value is -2.60. The number of likely N-dealkylation sites (N-methyl/N-ethyl adjacent to an activating group) is 1. The number of hydrogen-bond donors (Lipinski definition) is 2. The number of anilines is 2. The lowest BCUT2D eigenvalue weighted by atomic mass is 10.1. The topological polar surface area (TPSA) is 91.0 Å². The number of ether oxygens (including phenoxy) is 1. The molecule has 0 bridgehead atoms. The zero-order valence-corrected chi connectivity index (χ0v) is 21.2. The minimum atomic E-state index is -2.87. The zero-order valence-electron chi connectivity index (χ0n) is 19.6. The Morgan fingerprint density at radius 1 is 1.28 bits per heavy atom. The summed E-state index contributed by atoms with van der Waals surface area (Å²) < 4.78 is 33.5. The lowest BCUT2D eigenvalue weighted by molar-refractivity contribution is -0.125. The van der Waals surface area contributed by atoms with E-state index in [2.05, 4.69) is 10.6 Å². The van der Waals surface area contributed by atoms with Gasteiger partial charge in [-0.2, -0.15) is 0 Å². The highest BCUT2D eigenvalue weighted by molar-refractivity contribution is 7.18. The first-order chi connectivity index (χ1) is 17.2. The number of morpholine rings is 1. The maximum Gasteiger partial charge on any atom is 0.265 e. The fourth-order valence-electron chi connectivity index (χ4n) is 4.02. The van der Waals surface area contributed by atoms with Gasteiger partial charge in [-0.15, -0.1) is 11.3 Å². The van der Waals surface area contributed by atoms with E-state index in [1.807, 2.05) is 4.90 Å². The average Bonchev–Trinajstić information content (AvgIpc) is 3.55. The van der Waals surface area contributed by atoms with Crippen LogP contribution >= 0.6 is 22.9 Å². The largest absolute Gasteiger partial charge is 0.370 e. The van der Waals surface area contributed by atoms with E-state index in [9.17, 15) is 23.2 Å². The van der Waals surface area contributed by atoms with Gasteiger partial charge in [0.1, 0.15) is 12.6 Å². The second-order valence-electron chi connectivity index (χ2n) is 8.87. The van der Waals surface area contributed by atoms with Crippen LogP contribution in [0.15, 0.2) is 30.3 Å². The van der Waals surface area contributed by atoms with Gasteiger partial charge >= 0.3 is 0 Å². The molecule has 3 amide bonds. The van der Waals surface area contributed by atoms with Crippen LogP contribution in [0.4, 0.5) is 20.2 Å². The molecule has 12 heteroatoms. The standard InChI is InChI=1S/C24H27ClF2N4O4S/c1-30(12-14-2-3-14)18(11-28-24(34)19-6-7-20(25)36-19)23(33)29-17-5-4-15(10-16(17)22(26)27)31-8-9-35-13-21(31)32/h4-7,10,14,18,22H,2-3,8-9,11-13H2,1H3,(H,28,34)(H,29,33)/t18-/m0/s1. The van der Waals surface area contributed by atoms with Crippen molar-refractivity contribution in [3.8, 4) is 0 Å². The van der Waals surface area contributed by atoms with Gasteiger partial charge in [-0.1, -0.05) is 11.6 Å². The van der Waals surface area contributed by atoms with E-state index in [1.54, 1.807) is 19.2 Å². The Balaban J connectivity index is 1.50. The first kappa shape index (κ1) is 26.5. The Morgan fingerprint density at radius 3 is 2.69 bits per heavy atom. The molecule has 1 saturated carbocycles. The summed E-state index contributed by atoms with van der Waals surface area (Å²) in [6, 6.07) is 6.55. The molecule has 2 aromatic rings. The molecule has 1 aliphatic carbocycles. The molecule has 0 unspecified atom stereocenters. The van der Waals surface area contributed by atoms with Crippen molar-refractivity contribution in [3.63, 3.8) is 0 Å². The second-order valence-corrected chi connectivity index (χ2v) is 10.6.